The molecule has 2 fully saturated rings. The lowest BCUT2D eigenvalue weighted by Crippen LogP contribution is -2.42. The van der Waals surface area contributed by atoms with Gasteiger partial charge in [-0.1, -0.05) is 18.2 Å². The molecule has 0 aromatic heterocycles. The van der Waals surface area contributed by atoms with Gasteiger partial charge in [0.05, 0.1) is 17.1 Å². The average molecular weight is 277 g/mol. The van der Waals surface area contributed by atoms with E-state index in [-0.39, 0.29) is 24.3 Å². The number of carboxylic acid groups (broad SMARTS) is 1. The Bertz CT molecular complexity index is 572. The van der Waals surface area contributed by atoms with E-state index in [0.29, 0.717) is 12.0 Å². The molecule has 3 rings (SSSR count). The van der Waals surface area contributed by atoms with Gasteiger partial charge in [0.15, 0.2) is 0 Å². The fourth-order valence-corrected chi connectivity index (χ4v) is 3.47. The fourth-order valence-electron chi connectivity index (χ4n) is 3.47. The number of nitro benzene ring substituents is 1. The second-order valence-electron chi connectivity index (χ2n) is 5.55. The topological polar surface area (TPSA) is 89.7 Å². The monoisotopic (exact) mass is 277 g/mol. The maximum atomic E-state index is 11.7. The molecule has 106 valence electrons. The number of aliphatic carboxylic acids is 1. The molecule has 2 aliphatic heterocycles. The minimum atomic E-state index is -1.02. The van der Waals surface area contributed by atoms with Crippen molar-refractivity contribution in [2.75, 3.05) is 0 Å². The van der Waals surface area contributed by atoms with Crippen LogP contribution < -0.4 is 0 Å². The van der Waals surface area contributed by atoms with E-state index in [4.69, 9.17) is 4.74 Å². The molecule has 20 heavy (non-hydrogen) atoms. The van der Waals surface area contributed by atoms with Crippen molar-refractivity contribution in [2.45, 2.75) is 37.9 Å². The van der Waals surface area contributed by atoms with Crippen molar-refractivity contribution >= 4 is 11.7 Å². The zero-order valence-corrected chi connectivity index (χ0v) is 10.8. The van der Waals surface area contributed by atoms with Gasteiger partial charge in [-0.15, -0.1) is 0 Å². The molecule has 3 atom stereocenters. The van der Waals surface area contributed by atoms with Crippen LogP contribution in [-0.2, 0) is 16.0 Å². The van der Waals surface area contributed by atoms with E-state index in [0.717, 1.165) is 12.8 Å². The lowest BCUT2D eigenvalue weighted by Gasteiger charge is -2.30. The zero-order chi connectivity index (χ0) is 14.3. The highest BCUT2D eigenvalue weighted by Gasteiger charge is 2.57. The van der Waals surface area contributed by atoms with Crippen LogP contribution in [0.15, 0.2) is 24.3 Å². The van der Waals surface area contributed by atoms with Crippen LogP contribution in [0.3, 0.4) is 0 Å². The molecular weight excluding hydrogens is 262 g/mol. The molecule has 0 radical (unpaired) electrons. The van der Waals surface area contributed by atoms with E-state index < -0.39 is 16.3 Å². The lowest BCUT2D eigenvalue weighted by molar-refractivity contribution is -0.385. The molecule has 0 spiro atoms. The summed E-state index contributed by atoms with van der Waals surface area (Å²) >= 11 is 0. The third-order valence-corrected chi connectivity index (χ3v) is 4.44. The van der Waals surface area contributed by atoms with Gasteiger partial charge in [0.1, 0.15) is 5.41 Å². The van der Waals surface area contributed by atoms with E-state index in [1.165, 1.54) is 6.07 Å². The number of nitrogens with zero attached hydrogens (tertiary/aromatic N) is 1. The predicted molar refractivity (Wildman–Crippen MR) is 69.4 cm³/mol. The molecule has 1 aromatic rings. The van der Waals surface area contributed by atoms with Crippen LogP contribution in [0.4, 0.5) is 5.69 Å². The van der Waals surface area contributed by atoms with Gasteiger partial charge in [-0.2, -0.15) is 0 Å². The van der Waals surface area contributed by atoms with E-state index in [2.05, 4.69) is 0 Å². The SMILES string of the molecule is O=C(O)C1(Cc2ccccc2[N+](=O)[O-])CC2CCC1O2. The molecule has 3 unspecified atom stereocenters. The molecule has 2 bridgehead atoms. The molecule has 1 aromatic carbocycles. The van der Waals surface area contributed by atoms with Gasteiger partial charge >= 0.3 is 5.97 Å². The number of carboxylic acids is 1. The van der Waals surface area contributed by atoms with Gasteiger partial charge < -0.3 is 9.84 Å². The van der Waals surface area contributed by atoms with Crippen molar-refractivity contribution < 1.29 is 19.6 Å². The molecule has 2 aliphatic rings. The Morgan fingerprint density at radius 3 is 2.75 bits per heavy atom. The van der Waals surface area contributed by atoms with Crippen LogP contribution in [0.25, 0.3) is 0 Å². The largest absolute Gasteiger partial charge is 0.481 e. The summed E-state index contributed by atoms with van der Waals surface area (Å²) in [6, 6.07) is 6.34. The minimum absolute atomic E-state index is 0.0149. The molecule has 6 heteroatoms. The second-order valence-corrected chi connectivity index (χ2v) is 5.55. The molecule has 0 saturated carbocycles. The van der Waals surface area contributed by atoms with Gasteiger partial charge in [-0.05, 0) is 25.7 Å². The number of para-hydroxylation sites is 1. The van der Waals surface area contributed by atoms with Crippen LogP contribution >= 0.6 is 0 Å². The van der Waals surface area contributed by atoms with E-state index in [1.54, 1.807) is 18.2 Å². The Balaban J connectivity index is 1.96. The standard InChI is InChI=1S/C14H15NO5/c16-13(17)14(8-10-5-6-12(14)20-10)7-9-3-1-2-4-11(9)15(18)19/h1-4,10,12H,5-8H2,(H,16,17). The van der Waals surface area contributed by atoms with Gasteiger partial charge in [0.25, 0.3) is 5.69 Å². The third kappa shape index (κ3) is 1.87. The number of fused-ring (bicyclic) bond motifs is 2. The molecular formula is C14H15NO5. The highest BCUT2D eigenvalue weighted by Crippen LogP contribution is 2.50. The van der Waals surface area contributed by atoms with Gasteiger partial charge in [-0.25, -0.2) is 0 Å². The normalized spacial score (nSPS) is 31.4. The first-order valence-corrected chi connectivity index (χ1v) is 6.64. The van der Waals surface area contributed by atoms with Crippen LogP contribution in [0.1, 0.15) is 24.8 Å². The lowest BCUT2D eigenvalue weighted by atomic mass is 9.70. The van der Waals surface area contributed by atoms with Gasteiger partial charge in [0.2, 0.25) is 0 Å². The van der Waals surface area contributed by atoms with Crippen LogP contribution in [-0.4, -0.2) is 28.2 Å². The number of hydrogen-bond donors (Lipinski definition) is 1. The summed E-state index contributed by atoms with van der Waals surface area (Å²) < 4.78 is 5.67. The van der Waals surface area contributed by atoms with Crippen molar-refractivity contribution in [3.8, 4) is 0 Å². The summed E-state index contributed by atoms with van der Waals surface area (Å²) in [6.07, 6.45) is 1.86. The highest BCUT2D eigenvalue weighted by molar-refractivity contribution is 5.77. The zero-order valence-electron chi connectivity index (χ0n) is 10.8. The Kier molecular flexibility index (Phi) is 2.97. The third-order valence-electron chi connectivity index (χ3n) is 4.44. The van der Waals surface area contributed by atoms with E-state index >= 15 is 0 Å². The molecule has 1 N–H and O–H groups in total. The number of benzene rings is 1. The highest BCUT2D eigenvalue weighted by atomic mass is 16.6. The second kappa shape index (κ2) is 4.56. The maximum absolute atomic E-state index is 11.7. The van der Waals surface area contributed by atoms with Crippen molar-refractivity contribution in [1.29, 1.82) is 0 Å². The Hall–Kier alpha value is -1.95. The average Bonchev–Trinajstić information content (AvgIpc) is 3.00. The van der Waals surface area contributed by atoms with Crippen molar-refractivity contribution in [1.82, 2.24) is 0 Å². The number of nitro groups is 1. The minimum Gasteiger partial charge on any atom is -0.481 e. The summed E-state index contributed by atoms with van der Waals surface area (Å²) in [4.78, 5) is 22.3. The quantitative estimate of drug-likeness (QED) is 0.672. The van der Waals surface area contributed by atoms with Gasteiger partial charge in [0, 0.05) is 11.6 Å². The predicted octanol–water partition coefficient (Wildman–Crippen LogP) is 2.16. The summed E-state index contributed by atoms with van der Waals surface area (Å²) in [5.74, 6) is -0.914. The number of ether oxygens (including phenoxy) is 1. The van der Waals surface area contributed by atoms with E-state index in [9.17, 15) is 20.0 Å². The Labute approximate surface area is 115 Å². The number of carbonyl (C=O) groups is 1. The van der Waals surface area contributed by atoms with E-state index in [1.807, 2.05) is 0 Å². The first kappa shape index (κ1) is 13.1. The van der Waals surface area contributed by atoms with Crippen LogP contribution in [0.5, 0.6) is 0 Å². The Morgan fingerprint density at radius 2 is 2.20 bits per heavy atom. The summed E-state index contributed by atoms with van der Waals surface area (Å²) in [5.41, 5.74) is -0.568. The van der Waals surface area contributed by atoms with Crippen molar-refractivity contribution in [3.63, 3.8) is 0 Å². The number of hydrogen-bond acceptors (Lipinski definition) is 4. The molecule has 0 amide bonds. The fraction of sp³-hybridized carbons (Fsp3) is 0.500. The van der Waals surface area contributed by atoms with Crippen LogP contribution in [0.2, 0.25) is 0 Å². The smallest absolute Gasteiger partial charge is 0.312 e. The molecule has 6 nitrogen and oxygen atoms in total. The Morgan fingerprint density at radius 1 is 1.45 bits per heavy atom. The molecule has 0 aliphatic carbocycles. The summed E-state index contributed by atoms with van der Waals surface area (Å²) in [7, 11) is 0. The molecule has 2 saturated heterocycles. The van der Waals surface area contributed by atoms with Crippen molar-refractivity contribution in [2.24, 2.45) is 5.41 Å². The maximum Gasteiger partial charge on any atom is 0.312 e. The summed E-state index contributed by atoms with van der Waals surface area (Å²) in [6.45, 7) is 0. The molecule has 2 heterocycles. The van der Waals surface area contributed by atoms with Gasteiger partial charge in [-0.3, -0.25) is 14.9 Å². The van der Waals surface area contributed by atoms with Crippen LogP contribution in [0, 0.1) is 15.5 Å². The summed E-state index contributed by atoms with van der Waals surface area (Å²) in [5, 5.41) is 20.7. The first-order valence-electron chi connectivity index (χ1n) is 6.64. The first-order chi connectivity index (χ1) is 9.53. The van der Waals surface area contributed by atoms with Crippen molar-refractivity contribution in [3.05, 3.63) is 39.9 Å². The number of rotatable bonds is 4.